The summed E-state index contributed by atoms with van der Waals surface area (Å²) in [6.07, 6.45) is 6.68. The first kappa shape index (κ1) is 22.3. The Labute approximate surface area is 177 Å². The number of hydrogen-bond donors (Lipinski definition) is 1. The van der Waals surface area contributed by atoms with Crippen LogP contribution in [0, 0.1) is 6.92 Å². The fourth-order valence-corrected chi connectivity index (χ4v) is 3.59. The number of nitrogens with zero attached hydrogens (tertiary/aromatic N) is 5. The van der Waals surface area contributed by atoms with Gasteiger partial charge in [0.2, 0.25) is 11.7 Å². The Hall–Kier alpha value is -1.96. The summed E-state index contributed by atoms with van der Waals surface area (Å²) in [7, 11) is 0. The van der Waals surface area contributed by atoms with Crippen LogP contribution in [0.2, 0.25) is 0 Å². The van der Waals surface area contributed by atoms with Gasteiger partial charge in [-0.05, 0) is 37.9 Å². The lowest BCUT2D eigenvalue weighted by molar-refractivity contribution is 0.341. The molecule has 7 nitrogen and oxygen atoms in total. The van der Waals surface area contributed by atoms with Gasteiger partial charge in [-0.1, -0.05) is 19.0 Å². The fraction of sp³-hybridized carbons (Fsp3) is 0.474. The van der Waals surface area contributed by atoms with Crippen LogP contribution < -0.4 is 5.32 Å². The minimum absolute atomic E-state index is 0. The molecule has 1 atom stereocenters. The van der Waals surface area contributed by atoms with Crippen LogP contribution in [0.3, 0.4) is 0 Å². The maximum Gasteiger partial charge on any atom is 0.249 e. The fourth-order valence-electron chi connectivity index (χ4n) is 3.59. The highest BCUT2D eigenvalue weighted by molar-refractivity contribution is 5.85. The summed E-state index contributed by atoms with van der Waals surface area (Å²) in [4.78, 5) is 13.7. The molecule has 0 saturated carbocycles. The molecule has 3 aromatic rings. The van der Waals surface area contributed by atoms with Crippen LogP contribution in [-0.4, -0.2) is 31.2 Å². The highest BCUT2D eigenvalue weighted by atomic mass is 35.5. The maximum absolute atomic E-state index is 5.63. The smallest absolute Gasteiger partial charge is 0.249 e. The van der Waals surface area contributed by atoms with Crippen molar-refractivity contribution in [3.63, 3.8) is 0 Å². The van der Waals surface area contributed by atoms with E-state index in [2.05, 4.69) is 45.8 Å². The van der Waals surface area contributed by atoms with E-state index in [-0.39, 0.29) is 30.9 Å². The van der Waals surface area contributed by atoms with Crippen molar-refractivity contribution < 1.29 is 4.52 Å². The van der Waals surface area contributed by atoms with E-state index in [4.69, 9.17) is 9.51 Å². The molecule has 0 amide bonds. The van der Waals surface area contributed by atoms with Gasteiger partial charge in [0.15, 0.2) is 0 Å². The SMILES string of the molecule is Cc1ncc2c(c1-c1noc(C(C)n3ccnc3C(C)C)n1)CCNC2.Cl.Cl. The molecule has 1 N–H and O–H groups in total. The molecule has 3 aromatic heterocycles. The second kappa shape index (κ2) is 9.03. The largest absolute Gasteiger partial charge is 0.337 e. The third-order valence-corrected chi connectivity index (χ3v) is 4.99. The van der Waals surface area contributed by atoms with Crippen molar-refractivity contribution in [2.24, 2.45) is 0 Å². The number of halogens is 2. The number of pyridine rings is 1. The minimum atomic E-state index is -0.0642. The Morgan fingerprint density at radius 3 is 2.71 bits per heavy atom. The molecule has 152 valence electrons. The van der Waals surface area contributed by atoms with Crippen LogP contribution in [0.5, 0.6) is 0 Å². The lowest BCUT2D eigenvalue weighted by atomic mass is 9.95. The molecule has 4 rings (SSSR count). The number of aromatic nitrogens is 5. The molecular weight excluding hydrogens is 399 g/mol. The summed E-state index contributed by atoms with van der Waals surface area (Å²) in [5.74, 6) is 2.56. The lowest BCUT2D eigenvalue weighted by Gasteiger charge is -2.19. The van der Waals surface area contributed by atoms with Gasteiger partial charge in [-0.15, -0.1) is 24.8 Å². The summed E-state index contributed by atoms with van der Waals surface area (Å²) in [5.41, 5.74) is 4.45. The molecule has 0 aromatic carbocycles. The summed E-state index contributed by atoms with van der Waals surface area (Å²) in [5, 5.41) is 7.66. The van der Waals surface area contributed by atoms with Gasteiger partial charge in [0.1, 0.15) is 11.9 Å². The van der Waals surface area contributed by atoms with Gasteiger partial charge in [-0.25, -0.2) is 4.98 Å². The van der Waals surface area contributed by atoms with Gasteiger partial charge < -0.3 is 14.4 Å². The van der Waals surface area contributed by atoms with Crippen LogP contribution in [0.4, 0.5) is 0 Å². The Bertz CT molecular complexity index is 936. The molecule has 1 aliphatic heterocycles. The molecule has 0 radical (unpaired) electrons. The monoisotopic (exact) mass is 424 g/mol. The highest BCUT2D eigenvalue weighted by Gasteiger charge is 2.24. The molecule has 0 aliphatic carbocycles. The zero-order chi connectivity index (χ0) is 18.3. The average Bonchev–Trinajstić information content (AvgIpc) is 3.30. The van der Waals surface area contributed by atoms with E-state index in [1.54, 1.807) is 0 Å². The quantitative estimate of drug-likeness (QED) is 0.684. The van der Waals surface area contributed by atoms with Crippen LogP contribution in [0.15, 0.2) is 23.1 Å². The topological polar surface area (TPSA) is 81.7 Å². The lowest BCUT2D eigenvalue weighted by Crippen LogP contribution is -2.24. The molecule has 1 aliphatic rings. The second-order valence-electron chi connectivity index (χ2n) is 7.13. The van der Waals surface area contributed by atoms with Crippen LogP contribution >= 0.6 is 24.8 Å². The van der Waals surface area contributed by atoms with E-state index in [1.165, 1.54) is 11.1 Å². The van der Waals surface area contributed by atoms with Crippen molar-refractivity contribution in [3.05, 3.63) is 47.1 Å². The van der Waals surface area contributed by atoms with E-state index in [0.29, 0.717) is 17.6 Å². The van der Waals surface area contributed by atoms with E-state index >= 15 is 0 Å². The van der Waals surface area contributed by atoms with Gasteiger partial charge in [-0.2, -0.15) is 4.98 Å². The van der Waals surface area contributed by atoms with Crippen molar-refractivity contribution in [2.45, 2.75) is 52.6 Å². The number of nitrogens with one attached hydrogen (secondary N) is 1. The van der Waals surface area contributed by atoms with Crippen molar-refractivity contribution in [1.82, 2.24) is 30.0 Å². The zero-order valence-electron chi connectivity index (χ0n) is 16.5. The molecule has 0 fully saturated rings. The van der Waals surface area contributed by atoms with Gasteiger partial charge in [-0.3, -0.25) is 4.98 Å². The van der Waals surface area contributed by atoms with Gasteiger partial charge in [0.25, 0.3) is 0 Å². The Morgan fingerprint density at radius 1 is 1.18 bits per heavy atom. The minimum Gasteiger partial charge on any atom is -0.337 e. The van der Waals surface area contributed by atoms with Gasteiger partial charge >= 0.3 is 0 Å². The Balaban J connectivity index is 0.00000140. The molecule has 0 saturated heterocycles. The molecule has 0 spiro atoms. The van der Waals surface area contributed by atoms with Crippen molar-refractivity contribution in [2.75, 3.05) is 6.54 Å². The Morgan fingerprint density at radius 2 is 1.96 bits per heavy atom. The van der Waals surface area contributed by atoms with Gasteiger partial charge in [0, 0.05) is 42.3 Å². The number of hydrogen-bond acceptors (Lipinski definition) is 6. The number of fused-ring (bicyclic) bond motifs is 1. The zero-order valence-corrected chi connectivity index (χ0v) is 18.1. The molecule has 9 heteroatoms. The van der Waals surface area contributed by atoms with Crippen molar-refractivity contribution >= 4 is 24.8 Å². The molecular formula is C19H26Cl2N6O. The van der Waals surface area contributed by atoms with Crippen molar-refractivity contribution in [3.8, 4) is 11.4 Å². The molecule has 0 bridgehead atoms. The third kappa shape index (κ3) is 3.92. The van der Waals surface area contributed by atoms with E-state index in [9.17, 15) is 0 Å². The maximum atomic E-state index is 5.63. The van der Waals surface area contributed by atoms with E-state index in [0.717, 1.165) is 36.6 Å². The predicted molar refractivity (Wildman–Crippen MR) is 112 cm³/mol. The molecule has 1 unspecified atom stereocenters. The predicted octanol–water partition coefficient (Wildman–Crippen LogP) is 3.86. The first-order chi connectivity index (χ1) is 12.6. The average molecular weight is 425 g/mol. The summed E-state index contributed by atoms with van der Waals surface area (Å²) < 4.78 is 7.73. The number of imidazole rings is 1. The molecule has 4 heterocycles. The van der Waals surface area contributed by atoms with Crippen LogP contribution in [-0.2, 0) is 13.0 Å². The standard InChI is InChI=1S/C19H24N6O.2ClH/c1-11(2)18-21-7-8-25(18)13(4)19-23-17(24-26-19)16-12(3)22-10-14-9-20-6-5-15(14)16;;/h7-8,10-11,13,20H,5-6,9H2,1-4H3;2*1H. The summed E-state index contributed by atoms with van der Waals surface area (Å²) in [6, 6.07) is -0.0642. The summed E-state index contributed by atoms with van der Waals surface area (Å²) >= 11 is 0. The number of aryl methyl sites for hydroxylation is 1. The highest BCUT2D eigenvalue weighted by Crippen LogP contribution is 2.30. The van der Waals surface area contributed by atoms with E-state index in [1.807, 2.05) is 25.5 Å². The number of rotatable bonds is 4. The van der Waals surface area contributed by atoms with Crippen LogP contribution in [0.25, 0.3) is 11.4 Å². The van der Waals surface area contributed by atoms with Crippen molar-refractivity contribution in [1.29, 1.82) is 0 Å². The normalized spacial score (nSPS) is 14.2. The molecule has 28 heavy (non-hydrogen) atoms. The van der Waals surface area contributed by atoms with E-state index < -0.39 is 0 Å². The summed E-state index contributed by atoms with van der Waals surface area (Å²) in [6.45, 7) is 10.1. The first-order valence-electron chi connectivity index (χ1n) is 9.11. The second-order valence-corrected chi connectivity index (χ2v) is 7.13. The third-order valence-electron chi connectivity index (χ3n) is 4.99. The first-order valence-corrected chi connectivity index (χ1v) is 9.11. The Kier molecular flexibility index (Phi) is 7.20. The van der Waals surface area contributed by atoms with Gasteiger partial charge in [0.05, 0.1) is 0 Å². The van der Waals surface area contributed by atoms with Crippen LogP contribution in [0.1, 0.15) is 61.3 Å².